The maximum atomic E-state index is 13.9. The normalized spacial score (nSPS) is 13.0. The zero-order valence-electron chi connectivity index (χ0n) is 21.9. The van der Waals surface area contributed by atoms with Gasteiger partial charge in [0.15, 0.2) is 11.5 Å². The van der Waals surface area contributed by atoms with Crippen LogP contribution in [0.3, 0.4) is 0 Å². The third kappa shape index (κ3) is 6.13. The van der Waals surface area contributed by atoms with Gasteiger partial charge in [0, 0.05) is 37.4 Å². The van der Waals surface area contributed by atoms with Gasteiger partial charge in [-0.05, 0) is 68.9 Å². The standard InChI is InChI=1S/C28H34ClN5O3/c1-5-15-32(4)28(36)24-26(34(18-35)19(2)3)31-25(33(24)16-20-10-12-22(29)13-11-20)23-7-6-14-30-27(23)37-17-21-8-9-21/h6-7,10-14,18-19,21H,5,8-9,15-17H2,1-4H3. The van der Waals surface area contributed by atoms with E-state index in [0.29, 0.717) is 59.4 Å². The minimum atomic E-state index is -0.207. The molecule has 196 valence electrons. The highest BCUT2D eigenvalue weighted by molar-refractivity contribution is 6.30. The van der Waals surface area contributed by atoms with Crippen LogP contribution in [-0.4, -0.2) is 58.0 Å². The first-order valence-electron chi connectivity index (χ1n) is 12.8. The molecule has 1 saturated carbocycles. The van der Waals surface area contributed by atoms with Gasteiger partial charge in [0.05, 0.1) is 12.2 Å². The van der Waals surface area contributed by atoms with Crippen molar-refractivity contribution in [1.29, 1.82) is 0 Å². The number of aromatic nitrogens is 3. The number of imidazole rings is 1. The summed E-state index contributed by atoms with van der Waals surface area (Å²) >= 11 is 6.14. The number of pyridine rings is 1. The number of amides is 2. The molecule has 1 fully saturated rings. The van der Waals surface area contributed by atoms with E-state index >= 15 is 0 Å². The van der Waals surface area contributed by atoms with E-state index in [0.717, 1.165) is 31.2 Å². The molecule has 2 aromatic heterocycles. The molecule has 8 nitrogen and oxygen atoms in total. The first-order chi connectivity index (χ1) is 17.8. The number of hydrogen-bond donors (Lipinski definition) is 0. The minimum Gasteiger partial charge on any atom is -0.477 e. The monoisotopic (exact) mass is 523 g/mol. The van der Waals surface area contributed by atoms with Crippen molar-refractivity contribution in [2.24, 2.45) is 5.92 Å². The molecule has 2 amide bonds. The molecule has 0 spiro atoms. The van der Waals surface area contributed by atoms with Crippen molar-refractivity contribution in [3.8, 4) is 17.3 Å². The third-order valence-corrected chi connectivity index (χ3v) is 6.64. The quantitative estimate of drug-likeness (QED) is 0.301. The third-order valence-electron chi connectivity index (χ3n) is 6.39. The Balaban J connectivity index is 1.93. The Bertz CT molecular complexity index is 1240. The molecule has 2 heterocycles. The van der Waals surface area contributed by atoms with Gasteiger partial charge in [0.2, 0.25) is 12.3 Å². The molecule has 0 unspecified atom stereocenters. The van der Waals surface area contributed by atoms with Gasteiger partial charge in [-0.3, -0.25) is 14.5 Å². The van der Waals surface area contributed by atoms with E-state index in [1.807, 2.05) is 61.7 Å². The van der Waals surface area contributed by atoms with E-state index in [4.69, 9.17) is 21.3 Å². The molecule has 1 aliphatic rings. The number of carbonyl (C=O) groups is 2. The molecule has 37 heavy (non-hydrogen) atoms. The van der Waals surface area contributed by atoms with E-state index in [2.05, 4.69) is 4.98 Å². The van der Waals surface area contributed by atoms with Crippen LogP contribution >= 0.6 is 11.6 Å². The fourth-order valence-electron chi connectivity index (χ4n) is 4.15. The Morgan fingerprint density at radius 2 is 1.97 bits per heavy atom. The lowest BCUT2D eigenvalue weighted by Crippen LogP contribution is -2.35. The van der Waals surface area contributed by atoms with Crippen LogP contribution in [0.2, 0.25) is 5.02 Å². The predicted octanol–water partition coefficient (Wildman–Crippen LogP) is 5.29. The summed E-state index contributed by atoms with van der Waals surface area (Å²) < 4.78 is 7.97. The van der Waals surface area contributed by atoms with Gasteiger partial charge in [-0.2, -0.15) is 0 Å². The van der Waals surface area contributed by atoms with Crippen LogP contribution in [0.4, 0.5) is 5.82 Å². The Morgan fingerprint density at radius 3 is 2.59 bits per heavy atom. The van der Waals surface area contributed by atoms with Crippen LogP contribution in [0.25, 0.3) is 11.4 Å². The lowest BCUT2D eigenvalue weighted by Gasteiger charge is -2.23. The first kappa shape index (κ1) is 26.7. The average Bonchev–Trinajstić information content (AvgIpc) is 3.65. The van der Waals surface area contributed by atoms with Crippen LogP contribution < -0.4 is 9.64 Å². The summed E-state index contributed by atoms with van der Waals surface area (Å²) in [5, 5.41) is 0.629. The molecule has 0 radical (unpaired) electrons. The average molecular weight is 524 g/mol. The van der Waals surface area contributed by atoms with Crippen molar-refractivity contribution in [2.45, 2.75) is 52.6 Å². The second-order valence-electron chi connectivity index (χ2n) is 9.76. The number of nitrogens with zero attached hydrogens (tertiary/aromatic N) is 5. The largest absolute Gasteiger partial charge is 0.477 e. The fraction of sp³-hybridized carbons (Fsp3) is 0.429. The molecule has 0 saturated heterocycles. The molecule has 1 aromatic carbocycles. The highest BCUT2D eigenvalue weighted by Gasteiger charge is 2.32. The van der Waals surface area contributed by atoms with E-state index in [9.17, 15) is 9.59 Å². The van der Waals surface area contributed by atoms with Gasteiger partial charge in [0.1, 0.15) is 5.82 Å². The Kier molecular flexibility index (Phi) is 8.48. The molecular formula is C28H34ClN5O3. The zero-order chi connectivity index (χ0) is 26.5. The van der Waals surface area contributed by atoms with Crippen LogP contribution in [0.5, 0.6) is 5.88 Å². The minimum absolute atomic E-state index is 0.202. The molecule has 0 bridgehead atoms. The van der Waals surface area contributed by atoms with Crippen LogP contribution in [0, 0.1) is 5.92 Å². The van der Waals surface area contributed by atoms with E-state index < -0.39 is 0 Å². The zero-order valence-corrected chi connectivity index (χ0v) is 22.6. The second kappa shape index (κ2) is 11.8. The molecule has 3 aromatic rings. The topological polar surface area (TPSA) is 80.6 Å². The Hall–Kier alpha value is -3.39. The molecule has 0 N–H and O–H groups in total. The Labute approximate surface area is 223 Å². The van der Waals surface area contributed by atoms with Crippen LogP contribution in [-0.2, 0) is 11.3 Å². The summed E-state index contributed by atoms with van der Waals surface area (Å²) in [6.45, 7) is 7.32. The number of halogens is 1. The van der Waals surface area contributed by atoms with E-state index in [1.54, 1.807) is 18.1 Å². The summed E-state index contributed by atoms with van der Waals surface area (Å²) in [5.74, 6) is 1.64. The van der Waals surface area contributed by atoms with Gasteiger partial charge in [-0.25, -0.2) is 9.97 Å². The fourth-order valence-corrected chi connectivity index (χ4v) is 4.28. The highest BCUT2D eigenvalue weighted by Crippen LogP contribution is 2.36. The van der Waals surface area contributed by atoms with Gasteiger partial charge in [-0.1, -0.05) is 30.7 Å². The van der Waals surface area contributed by atoms with Crippen LogP contribution in [0.1, 0.15) is 56.1 Å². The summed E-state index contributed by atoms with van der Waals surface area (Å²) in [7, 11) is 1.77. The van der Waals surface area contributed by atoms with Gasteiger partial charge in [-0.15, -0.1) is 0 Å². The summed E-state index contributed by atoms with van der Waals surface area (Å²) in [6.07, 6.45) is 5.53. The van der Waals surface area contributed by atoms with Gasteiger partial charge >= 0.3 is 0 Å². The Morgan fingerprint density at radius 1 is 1.24 bits per heavy atom. The van der Waals surface area contributed by atoms with Crippen molar-refractivity contribution in [3.05, 3.63) is 58.9 Å². The van der Waals surface area contributed by atoms with Crippen molar-refractivity contribution in [1.82, 2.24) is 19.4 Å². The molecule has 9 heteroatoms. The smallest absolute Gasteiger partial charge is 0.274 e. The summed E-state index contributed by atoms with van der Waals surface area (Å²) in [6, 6.07) is 11.0. The number of benzene rings is 1. The second-order valence-corrected chi connectivity index (χ2v) is 10.2. The number of hydrogen-bond acceptors (Lipinski definition) is 5. The maximum Gasteiger partial charge on any atom is 0.274 e. The highest BCUT2D eigenvalue weighted by atomic mass is 35.5. The van der Waals surface area contributed by atoms with E-state index in [-0.39, 0.29) is 11.9 Å². The molecule has 1 aliphatic carbocycles. The predicted molar refractivity (Wildman–Crippen MR) is 145 cm³/mol. The van der Waals surface area contributed by atoms with Crippen molar-refractivity contribution in [2.75, 3.05) is 25.1 Å². The van der Waals surface area contributed by atoms with Crippen molar-refractivity contribution < 1.29 is 14.3 Å². The molecule has 0 atom stereocenters. The summed E-state index contributed by atoms with van der Waals surface area (Å²) in [4.78, 5) is 38.7. The molecule has 0 aliphatic heterocycles. The maximum absolute atomic E-state index is 13.9. The van der Waals surface area contributed by atoms with Crippen molar-refractivity contribution in [3.63, 3.8) is 0 Å². The van der Waals surface area contributed by atoms with Crippen molar-refractivity contribution >= 4 is 29.7 Å². The lowest BCUT2D eigenvalue weighted by atomic mass is 10.2. The van der Waals surface area contributed by atoms with E-state index in [1.165, 1.54) is 4.90 Å². The number of rotatable bonds is 12. The lowest BCUT2D eigenvalue weighted by molar-refractivity contribution is -0.107. The SMILES string of the molecule is CCCN(C)C(=O)c1c(N(C=O)C(C)C)nc(-c2cccnc2OCC2CC2)n1Cc1ccc(Cl)cc1. The molecular weight excluding hydrogens is 490 g/mol. The first-order valence-corrected chi connectivity index (χ1v) is 13.1. The molecule has 4 rings (SSSR count). The summed E-state index contributed by atoms with van der Waals surface area (Å²) in [5.41, 5.74) is 1.96. The number of ether oxygens (including phenoxy) is 1. The van der Waals surface area contributed by atoms with Gasteiger partial charge < -0.3 is 14.2 Å². The number of carbonyl (C=O) groups excluding carboxylic acids is 2. The number of anilines is 1. The van der Waals surface area contributed by atoms with Crippen LogP contribution in [0.15, 0.2) is 42.6 Å². The van der Waals surface area contributed by atoms with Gasteiger partial charge in [0.25, 0.3) is 5.91 Å².